The highest BCUT2D eigenvalue weighted by molar-refractivity contribution is 6.01. The van der Waals surface area contributed by atoms with Crippen molar-refractivity contribution in [2.75, 3.05) is 39.1 Å². The molecule has 0 aliphatic carbocycles. The second-order valence-corrected chi connectivity index (χ2v) is 7.83. The molecule has 0 bridgehead atoms. The second-order valence-electron chi connectivity index (χ2n) is 7.83. The fourth-order valence-corrected chi connectivity index (χ4v) is 3.99. The van der Waals surface area contributed by atoms with Crippen LogP contribution < -0.4 is 17.0 Å². The van der Waals surface area contributed by atoms with Crippen LogP contribution in [0, 0.1) is 5.92 Å². The van der Waals surface area contributed by atoms with Crippen molar-refractivity contribution in [1.29, 1.82) is 0 Å². The highest BCUT2D eigenvalue weighted by atomic mass is 16.5. The first-order chi connectivity index (χ1) is 14.5. The molecule has 2 aromatic rings. The van der Waals surface area contributed by atoms with Crippen molar-refractivity contribution in [2.24, 2.45) is 5.92 Å². The van der Waals surface area contributed by atoms with Gasteiger partial charge in [-0.25, -0.2) is 4.79 Å². The first-order valence-corrected chi connectivity index (χ1v) is 10.4. The Morgan fingerprint density at radius 2 is 1.90 bits per heavy atom. The van der Waals surface area contributed by atoms with Crippen LogP contribution in [-0.4, -0.2) is 53.6 Å². The summed E-state index contributed by atoms with van der Waals surface area (Å²) < 4.78 is 6.14. The number of ketones is 1. The van der Waals surface area contributed by atoms with Crippen LogP contribution in [0.1, 0.15) is 35.2 Å². The minimum Gasteiger partial charge on any atom is -0.384 e. The van der Waals surface area contributed by atoms with Gasteiger partial charge in [0.2, 0.25) is 0 Å². The first-order valence-electron chi connectivity index (χ1n) is 10.4. The van der Waals surface area contributed by atoms with Gasteiger partial charge in [0, 0.05) is 7.11 Å². The second kappa shape index (κ2) is 10.4. The minimum absolute atomic E-state index is 0.0939. The van der Waals surface area contributed by atoms with Gasteiger partial charge in [-0.1, -0.05) is 30.3 Å². The fourth-order valence-electron chi connectivity index (χ4n) is 3.99. The number of ether oxygens (including phenoxy) is 1. The molecule has 0 amide bonds. The van der Waals surface area contributed by atoms with Gasteiger partial charge in [-0.3, -0.25) is 24.0 Å². The fraction of sp³-hybridized carbons (Fsp3) is 0.500. The summed E-state index contributed by atoms with van der Waals surface area (Å²) in [5.74, 6) is 0.187. The number of carbonyl (C=O) groups is 1. The predicted molar refractivity (Wildman–Crippen MR) is 116 cm³/mol. The molecule has 1 aromatic heterocycles. The lowest BCUT2D eigenvalue weighted by Crippen LogP contribution is -2.41. The van der Waals surface area contributed by atoms with Crippen LogP contribution in [0.3, 0.4) is 0 Å². The number of aryl methyl sites for hydroxylation is 1. The summed E-state index contributed by atoms with van der Waals surface area (Å²) >= 11 is 0. The van der Waals surface area contributed by atoms with Gasteiger partial charge in [0.25, 0.3) is 5.56 Å². The number of anilines is 1. The Balaban J connectivity index is 1.57. The standard InChI is InChI=1S/C22H30N4O4/c1-30-14-13-26-20(23)19(21(28)24-22(26)29)18(27)15-25-11-9-17(10-12-25)8-7-16-5-3-2-4-6-16/h2-6,17H,7-15,23H2,1H3,(H,24,28,29). The highest BCUT2D eigenvalue weighted by Crippen LogP contribution is 2.22. The monoisotopic (exact) mass is 414 g/mol. The SMILES string of the molecule is COCCn1c(N)c(C(=O)CN2CCC(CCc3ccccc3)CC2)c(=O)[nH]c1=O. The maximum Gasteiger partial charge on any atom is 0.330 e. The number of likely N-dealkylation sites (tertiary alicyclic amines) is 1. The minimum atomic E-state index is -0.728. The van der Waals surface area contributed by atoms with Crippen LogP contribution in [-0.2, 0) is 17.7 Å². The van der Waals surface area contributed by atoms with E-state index in [1.54, 1.807) is 0 Å². The van der Waals surface area contributed by atoms with E-state index in [0.29, 0.717) is 5.92 Å². The third kappa shape index (κ3) is 5.46. The average molecular weight is 415 g/mol. The van der Waals surface area contributed by atoms with E-state index in [-0.39, 0.29) is 36.9 Å². The Kier molecular flexibility index (Phi) is 7.59. The summed E-state index contributed by atoms with van der Waals surface area (Å²) in [6.45, 7) is 2.17. The molecule has 3 rings (SSSR count). The summed E-state index contributed by atoms with van der Waals surface area (Å²) in [5.41, 5.74) is 5.85. The van der Waals surface area contributed by atoms with Gasteiger partial charge in [-0.15, -0.1) is 0 Å². The number of H-pyrrole nitrogens is 1. The Morgan fingerprint density at radius 3 is 2.57 bits per heavy atom. The van der Waals surface area contributed by atoms with E-state index in [2.05, 4.69) is 34.1 Å². The normalized spacial score (nSPS) is 15.4. The number of nitrogens with one attached hydrogen (secondary N) is 1. The molecule has 1 aliphatic rings. The van der Waals surface area contributed by atoms with Gasteiger partial charge in [0.05, 0.1) is 19.7 Å². The smallest absolute Gasteiger partial charge is 0.330 e. The van der Waals surface area contributed by atoms with Crippen LogP contribution in [0.2, 0.25) is 0 Å². The number of nitrogen functional groups attached to an aromatic ring is 1. The molecular weight excluding hydrogens is 384 g/mol. The molecule has 162 valence electrons. The third-order valence-electron chi connectivity index (χ3n) is 5.80. The maximum atomic E-state index is 12.8. The Labute approximate surface area is 175 Å². The van der Waals surface area contributed by atoms with Gasteiger partial charge in [0.1, 0.15) is 11.4 Å². The van der Waals surface area contributed by atoms with Crippen LogP contribution in [0.25, 0.3) is 0 Å². The molecule has 0 unspecified atom stereocenters. The molecule has 8 nitrogen and oxygen atoms in total. The Morgan fingerprint density at radius 1 is 1.20 bits per heavy atom. The molecule has 1 fully saturated rings. The lowest BCUT2D eigenvalue weighted by atomic mass is 9.90. The van der Waals surface area contributed by atoms with Crippen LogP contribution in [0.4, 0.5) is 5.82 Å². The van der Waals surface area contributed by atoms with Crippen molar-refractivity contribution in [2.45, 2.75) is 32.2 Å². The summed E-state index contributed by atoms with van der Waals surface area (Å²) in [4.78, 5) is 41.3. The molecule has 2 heterocycles. The molecular formula is C22H30N4O4. The molecule has 1 aromatic carbocycles. The molecule has 8 heteroatoms. The van der Waals surface area contributed by atoms with Crippen molar-refractivity contribution >= 4 is 11.6 Å². The van der Waals surface area contributed by atoms with E-state index in [1.165, 1.54) is 17.2 Å². The zero-order chi connectivity index (χ0) is 21.5. The van der Waals surface area contributed by atoms with E-state index in [9.17, 15) is 14.4 Å². The Hall–Kier alpha value is -2.71. The number of piperidine rings is 1. The van der Waals surface area contributed by atoms with Crippen molar-refractivity contribution in [3.8, 4) is 0 Å². The number of carbonyl (C=O) groups excluding carboxylic acids is 1. The van der Waals surface area contributed by atoms with E-state index < -0.39 is 11.2 Å². The molecule has 1 saturated heterocycles. The van der Waals surface area contributed by atoms with Crippen LogP contribution in [0.15, 0.2) is 39.9 Å². The van der Waals surface area contributed by atoms with Crippen LogP contribution >= 0.6 is 0 Å². The summed E-state index contributed by atoms with van der Waals surface area (Å²) in [6.07, 6.45) is 4.26. The number of hydrogen-bond acceptors (Lipinski definition) is 6. The largest absolute Gasteiger partial charge is 0.384 e. The lowest BCUT2D eigenvalue weighted by Gasteiger charge is -2.31. The number of benzene rings is 1. The molecule has 0 saturated carbocycles. The number of methoxy groups -OCH3 is 1. The Bertz CT molecular complexity index is 959. The number of hydrogen-bond donors (Lipinski definition) is 2. The zero-order valence-electron chi connectivity index (χ0n) is 17.4. The number of aromatic nitrogens is 2. The lowest BCUT2D eigenvalue weighted by molar-refractivity contribution is 0.0891. The molecule has 0 radical (unpaired) electrons. The summed E-state index contributed by atoms with van der Waals surface area (Å²) in [6, 6.07) is 10.5. The highest BCUT2D eigenvalue weighted by Gasteiger charge is 2.24. The quantitative estimate of drug-likeness (QED) is 0.599. The topological polar surface area (TPSA) is 110 Å². The maximum absolute atomic E-state index is 12.8. The molecule has 1 aliphatic heterocycles. The molecule has 0 atom stereocenters. The number of Topliss-reactive ketones (excluding diaryl/α,β-unsaturated/α-hetero) is 1. The van der Waals surface area contributed by atoms with Gasteiger partial charge in [0.15, 0.2) is 5.78 Å². The summed E-state index contributed by atoms with van der Waals surface area (Å²) in [7, 11) is 1.50. The third-order valence-corrected chi connectivity index (χ3v) is 5.80. The zero-order valence-corrected chi connectivity index (χ0v) is 17.4. The molecule has 0 spiro atoms. The van der Waals surface area contributed by atoms with E-state index in [4.69, 9.17) is 10.5 Å². The number of rotatable bonds is 9. The first kappa shape index (κ1) is 22.0. The van der Waals surface area contributed by atoms with Crippen molar-refractivity contribution in [3.63, 3.8) is 0 Å². The van der Waals surface area contributed by atoms with Crippen molar-refractivity contribution in [3.05, 3.63) is 62.3 Å². The van der Waals surface area contributed by atoms with Gasteiger partial charge in [-0.05, 0) is 50.3 Å². The average Bonchev–Trinajstić information content (AvgIpc) is 2.73. The number of nitrogens with zero attached hydrogens (tertiary/aromatic N) is 2. The number of aromatic amines is 1. The van der Waals surface area contributed by atoms with E-state index in [1.807, 2.05) is 6.07 Å². The van der Waals surface area contributed by atoms with E-state index >= 15 is 0 Å². The van der Waals surface area contributed by atoms with Crippen molar-refractivity contribution < 1.29 is 9.53 Å². The summed E-state index contributed by atoms with van der Waals surface area (Å²) in [5, 5.41) is 0. The number of nitrogens with two attached hydrogens (primary N) is 1. The van der Waals surface area contributed by atoms with Gasteiger partial charge >= 0.3 is 5.69 Å². The van der Waals surface area contributed by atoms with Crippen molar-refractivity contribution in [1.82, 2.24) is 14.5 Å². The van der Waals surface area contributed by atoms with Gasteiger partial charge in [-0.2, -0.15) is 0 Å². The van der Waals surface area contributed by atoms with Gasteiger partial charge < -0.3 is 10.5 Å². The van der Waals surface area contributed by atoms with Crippen LogP contribution in [0.5, 0.6) is 0 Å². The molecule has 3 N–H and O–H groups in total. The van der Waals surface area contributed by atoms with E-state index in [0.717, 1.165) is 38.8 Å². The molecule has 30 heavy (non-hydrogen) atoms. The predicted octanol–water partition coefficient (Wildman–Crippen LogP) is 1.29.